The van der Waals surface area contributed by atoms with E-state index >= 15 is 0 Å². The number of thiophene rings is 1. The van der Waals surface area contributed by atoms with Crippen LogP contribution in [-0.2, 0) is 0 Å². The van der Waals surface area contributed by atoms with Crippen LogP contribution in [-0.4, -0.2) is 0 Å². The molecule has 2 aromatic rings. The predicted molar refractivity (Wildman–Crippen MR) is 56.5 cm³/mol. The van der Waals surface area contributed by atoms with Crippen LogP contribution in [0.25, 0.3) is 16.2 Å². The lowest BCUT2D eigenvalue weighted by molar-refractivity contribution is 1.72. The summed E-state index contributed by atoms with van der Waals surface area (Å²) < 4.78 is 1.36. The fraction of sp³-hybridized carbons (Fsp3) is 0.0909. The first-order valence-electron chi connectivity index (χ1n) is 4.00. The molecule has 0 aliphatic rings. The molecule has 0 N–H and O–H groups in total. The minimum Gasteiger partial charge on any atom is -0.144 e. The second-order valence-corrected chi connectivity index (χ2v) is 3.67. The third-order valence-corrected chi connectivity index (χ3v) is 2.73. The highest BCUT2D eigenvalue weighted by Crippen LogP contribution is 2.22. The van der Waals surface area contributed by atoms with Crippen molar-refractivity contribution in [3.63, 3.8) is 0 Å². The number of rotatable bonds is 1. The summed E-state index contributed by atoms with van der Waals surface area (Å²) in [5, 5.41) is 3.47. The summed E-state index contributed by atoms with van der Waals surface area (Å²) in [5.41, 5.74) is 1.28. The standard InChI is InChI=1S/C11H10S/c1-2-3-9-4-5-11-10(8-9)6-7-12-11/h2-8H,1H3. The van der Waals surface area contributed by atoms with Gasteiger partial charge in [0.25, 0.3) is 0 Å². The monoisotopic (exact) mass is 174 g/mol. The Morgan fingerprint density at radius 1 is 1.25 bits per heavy atom. The molecule has 0 spiro atoms. The number of hydrogen-bond donors (Lipinski definition) is 0. The Bertz CT molecular complexity index is 410. The highest BCUT2D eigenvalue weighted by molar-refractivity contribution is 7.17. The van der Waals surface area contributed by atoms with Crippen LogP contribution in [0, 0.1) is 0 Å². The second-order valence-electron chi connectivity index (χ2n) is 2.72. The Hall–Kier alpha value is -1.08. The van der Waals surface area contributed by atoms with Crippen LogP contribution in [0.4, 0.5) is 0 Å². The van der Waals surface area contributed by atoms with Crippen molar-refractivity contribution >= 4 is 27.5 Å². The summed E-state index contributed by atoms with van der Waals surface area (Å²) in [4.78, 5) is 0. The Balaban J connectivity index is 2.60. The van der Waals surface area contributed by atoms with Crippen LogP contribution in [0.3, 0.4) is 0 Å². The lowest BCUT2D eigenvalue weighted by atomic mass is 10.1. The maximum Gasteiger partial charge on any atom is 0.0343 e. The van der Waals surface area contributed by atoms with Gasteiger partial charge in [0.2, 0.25) is 0 Å². The van der Waals surface area contributed by atoms with Crippen molar-refractivity contribution in [2.24, 2.45) is 0 Å². The molecule has 0 aliphatic heterocycles. The van der Waals surface area contributed by atoms with Gasteiger partial charge in [-0.25, -0.2) is 0 Å². The molecule has 0 nitrogen and oxygen atoms in total. The van der Waals surface area contributed by atoms with Crippen molar-refractivity contribution in [2.45, 2.75) is 6.92 Å². The van der Waals surface area contributed by atoms with Gasteiger partial charge in [0.1, 0.15) is 0 Å². The third-order valence-electron chi connectivity index (χ3n) is 1.84. The minimum atomic E-state index is 1.28. The van der Waals surface area contributed by atoms with Gasteiger partial charge in [-0.3, -0.25) is 0 Å². The average molecular weight is 174 g/mol. The molecular formula is C11H10S. The Kier molecular flexibility index (Phi) is 1.96. The normalized spacial score (nSPS) is 11.4. The van der Waals surface area contributed by atoms with Crippen molar-refractivity contribution in [2.75, 3.05) is 0 Å². The first kappa shape index (κ1) is 7.56. The molecule has 0 atom stereocenters. The fourth-order valence-electron chi connectivity index (χ4n) is 1.28. The lowest BCUT2D eigenvalue weighted by Gasteiger charge is -1.92. The first-order valence-corrected chi connectivity index (χ1v) is 4.88. The van der Waals surface area contributed by atoms with Crippen molar-refractivity contribution in [1.82, 2.24) is 0 Å². The molecule has 0 unspecified atom stereocenters. The van der Waals surface area contributed by atoms with Gasteiger partial charge >= 0.3 is 0 Å². The Morgan fingerprint density at radius 2 is 2.17 bits per heavy atom. The number of hydrogen-bond acceptors (Lipinski definition) is 1. The molecule has 2 rings (SSSR count). The summed E-state index contributed by atoms with van der Waals surface area (Å²) in [6.45, 7) is 2.04. The molecule has 1 heterocycles. The third kappa shape index (κ3) is 1.28. The van der Waals surface area contributed by atoms with E-state index in [9.17, 15) is 0 Å². The quantitative estimate of drug-likeness (QED) is 0.614. The maximum atomic E-state index is 2.21. The van der Waals surface area contributed by atoms with E-state index < -0.39 is 0 Å². The molecule has 1 aromatic heterocycles. The second kappa shape index (κ2) is 3.11. The van der Waals surface area contributed by atoms with Crippen LogP contribution in [0.1, 0.15) is 12.5 Å². The van der Waals surface area contributed by atoms with Gasteiger partial charge in [0, 0.05) is 4.70 Å². The first-order chi connectivity index (χ1) is 5.90. The molecule has 0 radical (unpaired) electrons. The molecule has 12 heavy (non-hydrogen) atoms. The van der Waals surface area contributed by atoms with Gasteiger partial charge in [0.15, 0.2) is 0 Å². The van der Waals surface area contributed by atoms with Crippen LogP contribution in [0.2, 0.25) is 0 Å². The van der Waals surface area contributed by atoms with Gasteiger partial charge < -0.3 is 0 Å². The molecule has 0 fully saturated rings. The zero-order valence-corrected chi connectivity index (χ0v) is 7.77. The van der Waals surface area contributed by atoms with Gasteiger partial charge in [-0.05, 0) is 41.5 Å². The summed E-state index contributed by atoms with van der Waals surface area (Å²) in [5.74, 6) is 0. The van der Waals surface area contributed by atoms with E-state index in [2.05, 4.69) is 41.8 Å². The molecule has 60 valence electrons. The highest BCUT2D eigenvalue weighted by atomic mass is 32.1. The SMILES string of the molecule is CC=Cc1ccc2sccc2c1. The van der Waals surface area contributed by atoms with E-state index in [4.69, 9.17) is 0 Å². The van der Waals surface area contributed by atoms with Crippen molar-refractivity contribution in [3.05, 3.63) is 41.3 Å². The van der Waals surface area contributed by atoms with Crippen LogP contribution in [0.5, 0.6) is 0 Å². The average Bonchev–Trinajstić information content (AvgIpc) is 2.51. The van der Waals surface area contributed by atoms with Crippen molar-refractivity contribution in [1.29, 1.82) is 0 Å². The minimum absolute atomic E-state index is 1.28. The molecule has 0 amide bonds. The summed E-state index contributed by atoms with van der Waals surface area (Å²) in [6, 6.07) is 8.70. The molecule has 1 aromatic carbocycles. The van der Waals surface area contributed by atoms with E-state index in [1.54, 1.807) is 11.3 Å². The highest BCUT2D eigenvalue weighted by Gasteiger charge is 1.93. The lowest BCUT2D eigenvalue weighted by Crippen LogP contribution is -1.68. The molecule has 1 heteroatoms. The number of fused-ring (bicyclic) bond motifs is 1. The number of benzene rings is 1. The fourth-order valence-corrected chi connectivity index (χ4v) is 2.05. The van der Waals surface area contributed by atoms with E-state index in [-0.39, 0.29) is 0 Å². The maximum absolute atomic E-state index is 2.21. The number of allylic oxidation sites excluding steroid dienone is 1. The van der Waals surface area contributed by atoms with Crippen molar-refractivity contribution < 1.29 is 0 Å². The molecule has 0 saturated carbocycles. The molecule has 0 aliphatic carbocycles. The Labute approximate surface area is 76.2 Å². The Morgan fingerprint density at radius 3 is 3.00 bits per heavy atom. The van der Waals surface area contributed by atoms with E-state index in [1.807, 2.05) is 6.92 Å². The zero-order chi connectivity index (χ0) is 8.39. The largest absolute Gasteiger partial charge is 0.144 e. The summed E-state index contributed by atoms with van der Waals surface area (Å²) in [7, 11) is 0. The van der Waals surface area contributed by atoms with E-state index in [1.165, 1.54) is 15.6 Å². The topological polar surface area (TPSA) is 0 Å². The van der Waals surface area contributed by atoms with Gasteiger partial charge in [-0.15, -0.1) is 11.3 Å². The molecule has 0 bridgehead atoms. The smallest absolute Gasteiger partial charge is 0.0343 e. The van der Waals surface area contributed by atoms with E-state index in [0.717, 1.165) is 0 Å². The van der Waals surface area contributed by atoms with E-state index in [0.29, 0.717) is 0 Å². The summed E-state index contributed by atoms with van der Waals surface area (Å²) >= 11 is 1.79. The van der Waals surface area contributed by atoms with Crippen LogP contribution >= 0.6 is 11.3 Å². The zero-order valence-electron chi connectivity index (χ0n) is 6.95. The van der Waals surface area contributed by atoms with Gasteiger partial charge in [0.05, 0.1) is 0 Å². The predicted octanol–water partition coefficient (Wildman–Crippen LogP) is 3.93. The van der Waals surface area contributed by atoms with Crippen LogP contribution < -0.4 is 0 Å². The van der Waals surface area contributed by atoms with Crippen LogP contribution in [0.15, 0.2) is 35.7 Å². The summed E-state index contributed by atoms with van der Waals surface area (Å²) in [6.07, 6.45) is 4.19. The van der Waals surface area contributed by atoms with Gasteiger partial charge in [-0.1, -0.05) is 18.2 Å². The molecule has 0 saturated heterocycles. The van der Waals surface area contributed by atoms with Crippen molar-refractivity contribution in [3.8, 4) is 0 Å². The molecular weight excluding hydrogens is 164 g/mol. The van der Waals surface area contributed by atoms with Gasteiger partial charge in [-0.2, -0.15) is 0 Å².